The molecule has 0 spiro atoms. The van der Waals surface area contributed by atoms with Crippen LogP contribution in [0.3, 0.4) is 0 Å². The van der Waals surface area contributed by atoms with Gasteiger partial charge in [0.25, 0.3) is 0 Å². The van der Waals surface area contributed by atoms with Crippen molar-refractivity contribution in [3.63, 3.8) is 0 Å². The summed E-state index contributed by atoms with van der Waals surface area (Å²) in [5, 5.41) is 3.79. The van der Waals surface area contributed by atoms with E-state index in [1.807, 2.05) is 0 Å². The molecule has 126 valence electrons. The Hall–Kier alpha value is -0.0800. The SMILES string of the molecule is CC(C)CCN(C)CC1(CNC(C)(C)C)CCC(C)CC1. The van der Waals surface area contributed by atoms with Crippen LogP contribution in [0, 0.1) is 17.3 Å². The number of hydrogen-bond donors (Lipinski definition) is 1. The van der Waals surface area contributed by atoms with Gasteiger partial charge in [-0.05, 0) is 70.9 Å². The van der Waals surface area contributed by atoms with E-state index in [1.165, 1.54) is 51.7 Å². The van der Waals surface area contributed by atoms with Gasteiger partial charge in [0.15, 0.2) is 0 Å². The topological polar surface area (TPSA) is 15.3 Å². The highest BCUT2D eigenvalue weighted by Gasteiger charge is 2.35. The Morgan fingerprint density at radius 3 is 2.24 bits per heavy atom. The Labute approximate surface area is 134 Å². The normalized spacial score (nSPS) is 27.6. The molecular formula is C19H40N2. The highest BCUT2D eigenvalue weighted by molar-refractivity contribution is 4.90. The van der Waals surface area contributed by atoms with Gasteiger partial charge in [0.05, 0.1) is 0 Å². The van der Waals surface area contributed by atoms with Crippen molar-refractivity contribution in [3.05, 3.63) is 0 Å². The van der Waals surface area contributed by atoms with Crippen LogP contribution in [0.25, 0.3) is 0 Å². The Bertz CT molecular complexity index is 282. The second-order valence-corrected chi connectivity index (χ2v) is 9.21. The number of nitrogens with one attached hydrogen (secondary N) is 1. The van der Waals surface area contributed by atoms with E-state index in [4.69, 9.17) is 0 Å². The molecule has 2 heteroatoms. The van der Waals surface area contributed by atoms with Crippen molar-refractivity contribution >= 4 is 0 Å². The van der Waals surface area contributed by atoms with Crippen LogP contribution in [0.15, 0.2) is 0 Å². The first-order valence-electron chi connectivity index (χ1n) is 9.05. The van der Waals surface area contributed by atoms with E-state index < -0.39 is 0 Å². The lowest BCUT2D eigenvalue weighted by Gasteiger charge is -2.44. The van der Waals surface area contributed by atoms with Gasteiger partial charge < -0.3 is 10.2 Å². The molecule has 0 radical (unpaired) electrons. The van der Waals surface area contributed by atoms with Crippen LogP contribution in [0.5, 0.6) is 0 Å². The number of nitrogens with zero attached hydrogens (tertiary/aromatic N) is 1. The number of hydrogen-bond acceptors (Lipinski definition) is 2. The summed E-state index contributed by atoms with van der Waals surface area (Å²) >= 11 is 0. The Balaban J connectivity index is 2.59. The maximum absolute atomic E-state index is 3.79. The molecule has 1 N–H and O–H groups in total. The van der Waals surface area contributed by atoms with Gasteiger partial charge >= 0.3 is 0 Å². The minimum Gasteiger partial charge on any atom is -0.311 e. The van der Waals surface area contributed by atoms with Crippen molar-refractivity contribution in [2.75, 3.05) is 26.7 Å². The molecule has 1 rings (SSSR count). The largest absolute Gasteiger partial charge is 0.311 e. The van der Waals surface area contributed by atoms with E-state index in [1.54, 1.807) is 0 Å². The standard InChI is InChI=1S/C19H40N2/c1-16(2)10-13-21(7)15-19(14-20-18(4,5)6)11-8-17(3)9-12-19/h16-17,20H,8-15H2,1-7H3. The summed E-state index contributed by atoms with van der Waals surface area (Å²) in [6, 6.07) is 0. The van der Waals surface area contributed by atoms with Crippen molar-refractivity contribution < 1.29 is 0 Å². The van der Waals surface area contributed by atoms with E-state index in [2.05, 4.69) is 58.8 Å². The van der Waals surface area contributed by atoms with Gasteiger partial charge in [0, 0.05) is 18.6 Å². The molecule has 0 aromatic rings. The van der Waals surface area contributed by atoms with Crippen LogP contribution in [0.4, 0.5) is 0 Å². The van der Waals surface area contributed by atoms with Crippen molar-refractivity contribution in [1.29, 1.82) is 0 Å². The van der Waals surface area contributed by atoms with E-state index in [-0.39, 0.29) is 5.54 Å². The van der Waals surface area contributed by atoms with Gasteiger partial charge in [0.1, 0.15) is 0 Å². The summed E-state index contributed by atoms with van der Waals surface area (Å²) in [5.41, 5.74) is 0.720. The Morgan fingerprint density at radius 2 is 1.76 bits per heavy atom. The average Bonchev–Trinajstić information content (AvgIpc) is 2.37. The smallest absolute Gasteiger partial charge is 0.00967 e. The molecule has 0 atom stereocenters. The quantitative estimate of drug-likeness (QED) is 0.741. The molecular weight excluding hydrogens is 256 g/mol. The molecule has 1 saturated carbocycles. The van der Waals surface area contributed by atoms with Crippen molar-refractivity contribution in [3.8, 4) is 0 Å². The molecule has 1 aliphatic carbocycles. The van der Waals surface area contributed by atoms with Gasteiger partial charge in [-0.1, -0.05) is 33.6 Å². The van der Waals surface area contributed by atoms with Crippen molar-refractivity contribution in [2.24, 2.45) is 17.3 Å². The van der Waals surface area contributed by atoms with Crippen molar-refractivity contribution in [2.45, 2.75) is 79.2 Å². The molecule has 0 aromatic heterocycles. The summed E-state index contributed by atoms with van der Waals surface area (Å²) in [7, 11) is 2.32. The van der Waals surface area contributed by atoms with Crippen LogP contribution < -0.4 is 5.32 Å². The first-order chi connectivity index (χ1) is 9.62. The Kier molecular flexibility index (Phi) is 7.19. The van der Waals surface area contributed by atoms with Gasteiger partial charge in [-0.15, -0.1) is 0 Å². The monoisotopic (exact) mass is 296 g/mol. The molecule has 2 nitrogen and oxygen atoms in total. The summed E-state index contributed by atoms with van der Waals surface area (Å²) in [6.07, 6.45) is 6.91. The van der Waals surface area contributed by atoms with E-state index >= 15 is 0 Å². The van der Waals surface area contributed by atoms with Crippen LogP contribution in [-0.2, 0) is 0 Å². The van der Waals surface area contributed by atoms with Gasteiger partial charge in [0.2, 0.25) is 0 Å². The molecule has 0 heterocycles. The number of rotatable bonds is 7. The van der Waals surface area contributed by atoms with E-state index in [0.29, 0.717) is 5.41 Å². The zero-order valence-corrected chi connectivity index (χ0v) is 15.8. The Morgan fingerprint density at radius 1 is 1.19 bits per heavy atom. The molecule has 0 saturated heterocycles. The van der Waals surface area contributed by atoms with E-state index in [9.17, 15) is 0 Å². The summed E-state index contributed by atoms with van der Waals surface area (Å²) in [5.74, 6) is 1.73. The highest BCUT2D eigenvalue weighted by atomic mass is 15.1. The lowest BCUT2D eigenvalue weighted by atomic mass is 9.70. The fraction of sp³-hybridized carbons (Fsp3) is 1.00. The minimum absolute atomic E-state index is 0.229. The van der Waals surface area contributed by atoms with Crippen LogP contribution in [0.1, 0.15) is 73.6 Å². The molecule has 0 bridgehead atoms. The minimum atomic E-state index is 0.229. The van der Waals surface area contributed by atoms with Crippen molar-refractivity contribution in [1.82, 2.24) is 10.2 Å². The lowest BCUT2D eigenvalue weighted by Crippen LogP contribution is -2.49. The fourth-order valence-corrected chi connectivity index (χ4v) is 3.35. The van der Waals surface area contributed by atoms with Crippen LogP contribution >= 0.6 is 0 Å². The average molecular weight is 297 g/mol. The maximum Gasteiger partial charge on any atom is 0.00967 e. The first kappa shape index (κ1) is 19.0. The third-order valence-corrected chi connectivity index (χ3v) is 5.02. The molecule has 1 aliphatic rings. The summed E-state index contributed by atoms with van der Waals surface area (Å²) < 4.78 is 0. The van der Waals surface area contributed by atoms with Crippen LogP contribution in [0.2, 0.25) is 0 Å². The van der Waals surface area contributed by atoms with Crippen LogP contribution in [-0.4, -0.2) is 37.1 Å². The third kappa shape index (κ3) is 7.65. The fourth-order valence-electron chi connectivity index (χ4n) is 3.35. The molecule has 0 aliphatic heterocycles. The van der Waals surface area contributed by atoms with Gasteiger partial charge in [-0.3, -0.25) is 0 Å². The second-order valence-electron chi connectivity index (χ2n) is 9.21. The first-order valence-corrected chi connectivity index (χ1v) is 9.05. The molecule has 0 unspecified atom stereocenters. The molecule has 21 heavy (non-hydrogen) atoms. The molecule has 0 amide bonds. The second kappa shape index (κ2) is 7.97. The van der Waals surface area contributed by atoms with E-state index in [0.717, 1.165) is 11.8 Å². The predicted molar refractivity (Wildman–Crippen MR) is 94.8 cm³/mol. The highest BCUT2D eigenvalue weighted by Crippen LogP contribution is 2.39. The van der Waals surface area contributed by atoms with Gasteiger partial charge in [-0.2, -0.15) is 0 Å². The summed E-state index contributed by atoms with van der Waals surface area (Å²) in [6.45, 7) is 17.6. The molecule has 0 aromatic carbocycles. The lowest BCUT2D eigenvalue weighted by molar-refractivity contribution is 0.0895. The predicted octanol–water partition coefficient (Wildman–Crippen LogP) is 4.55. The van der Waals surface area contributed by atoms with Gasteiger partial charge in [-0.25, -0.2) is 0 Å². The molecule has 1 fully saturated rings. The third-order valence-electron chi connectivity index (χ3n) is 5.02. The zero-order valence-electron chi connectivity index (χ0n) is 15.8. The maximum atomic E-state index is 3.79. The summed E-state index contributed by atoms with van der Waals surface area (Å²) in [4.78, 5) is 2.58. The zero-order chi connectivity index (χ0) is 16.1.